The highest BCUT2D eigenvalue weighted by atomic mass is 35.5. The summed E-state index contributed by atoms with van der Waals surface area (Å²) in [5, 5.41) is 6.17. The first-order valence-electron chi connectivity index (χ1n) is 6.55. The van der Waals surface area contributed by atoms with Crippen LogP contribution in [-0.2, 0) is 0 Å². The zero-order valence-electron chi connectivity index (χ0n) is 11.4. The predicted octanol–water partition coefficient (Wildman–Crippen LogP) is 4.38. The van der Waals surface area contributed by atoms with E-state index in [2.05, 4.69) is 37.1 Å². The van der Waals surface area contributed by atoms with Gasteiger partial charge in [0.2, 0.25) is 0 Å². The van der Waals surface area contributed by atoms with E-state index >= 15 is 0 Å². The van der Waals surface area contributed by atoms with E-state index in [1.165, 1.54) is 10.1 Å². The molecule has 3 aromatic rings. The van der Waals surface area contributed by atoms with Gasteiger partial charge in [-0.3, -0.25) is 4.68 Å². The van der Waals surface area contributed by atoms with Crippen LogP contribution >= 0.6 is 22.9 Å². The molecule has 0 saturated heterocycles. The van der Waals surface area contributed by atoms with Gasteiger partial charge in [0.05, 0.1) is 23.0 Å². The molecule has 104 valence electrons. The fourth-order valence-corrected chi connectivity index (χ4v) is 3.66. The molecule has 2 heterocycles. The quantitative estimate of drug-likeness (QED) is 0.780. The topological polar surface area (TPSA) is 43.8 Å². The van der Waals surface area contributed by atoms with Gasteiger partial charge < -0.3 is 5.73 Å². The molecule has 0 spiro atoms. The van der Waals surface area contributed by atoms with Crippen molar-refractivity contribution in [3.63, 3.8) is 0 Å². The van der Waals surface area contributed by atoms with Crippen LogP contribution in [-0.4, -0.2) is 9.78 Å². The highest BCUT2D eigenvalue weighted by molar-refractivity contribution is 7.19. The molecule has 2 aromatic heterocycles. The second-order valence-corrected chi connectivity index (χ2v) is 6.60. The number of thiophene rings is 1. The van der Waals surface area contributed by atoms with Gasteiger partial charge in [-0.05, 0) is 31.4 Å². The number of benzene rings is 1. The van der Waals surface area contributed by atoms with Crippen LogP contribution in [0.4, 0.5) is 0 Å². The average molecular weight is 306 g/mol. The molecule has 0 aliphatic carbocycles. The standard InChI is InChI=1S/C15H16ClN3S/c1-9(2)19-15(11(16)8-18-19)14(17)13-7-10-5-3-4-6-12(10)20-13/h3-9,14H,17H2,1-2H3. The highest BCUT2D eigenvalue weighted by Gasteiger charge is 2.21. The lowest BCUT2D eigenvalue weighted by Gasteiger charge is -2.16. The maximum atomic E-state index is 6.43. The molecule has 3 nitrogen and oxygen atoms in total. The molecule has 0 saturated carbocycles. The summed E-state index contributed by atoms with van der Waals surface area (Å²) >= 11 is 7.98. The molecule has 0 aliphatic rings. The number of rotatable bonds is 3. The van der Waals surface area contributed by atoms with Gasteiger partial charge in [0.25, 0.3) is 0 Å². The molecule has 1 unspecified atom stereocenters. The van der Waals surface area contributed by atoms with Crippen LogP contribution in [0, 0.1) is 0 Å². The van der Waals surface area contributed by atoms with Gasteiger partial charge in [0.1, 0.15) is 0 Å². The molecule has 3 rings (SSSR count). The van der Waals surface area contributed by atoms with Crippen molar-refractivity contribution in [2.45, 2.75) is 25.9 Å². The summed E-state index contributed by atoms with van der Waals surface area (Å²) in [5.41, 5.74) is 7.31. The van der Waals surface area contributed by atoms with Crippen molar-refractivity contribution in [3.05, 3.63) is 52.1 Å². The van der Waals surface area contributed by atoms with E-state index in [0.29, 0.717) is 5.02 Å². The van der Waals surface area contributed by atoms with Gasteiger partial charge >= 0.3 is 0 Å². The van der Waals surface area contributed by atoms with Crippen LogP contribution in [0.3, 0.4) is 0 Å². The lowest BCUT2D eigenvalue weighted by molar-refractivity contribution is 0.500. The Morgan fingerprint density at radius 2 is 2.05 bits per heavy atom. The van der Waals surface area contributed by atoms with Crippen molar-refractivity contribution in [1.29, 1.82) is 0 Å². The van der Waals surface area contributed by atoms with Gasteiger partial charge in [-0.15, -0.1) is 11.3 Å². The van der Waals surface area contributed by atoms with Crippen molar-refractivity contribution in [1.82, 2.24) is 9.78 Å². The van der Waals surface area contributed by atoms with E-state index in [0.717, 1.165) is 10.6 Å². The minimum absolute atomic E-state index is 0.234. The summed E-state index contributed by atoms with van der Waals surface area (Å²) in [6.45, 7) is 4.15. The zero-order valence-corrected chi connectivity index (χ0v) is 12.9. The number of hydrogen-bond acceptors (Lipinski definition) is 3. The Kier molecular flexibility index (Phi) is 3.54. The summed E-state index contributed by atoms with van der Waals surface area (Å²) in [7, 11) is 0. The summed E-state index contributed by atoms with van der Waals surface area (Å²) < 4.78 is 3.14. The Morgan fingerprint density at radius 1 is 1.30 bits per heavy atom. The summed E-state index contributed by atoms with van der Waals surface area (Å²) in [4.78, 5) is 1.11. The van der Waals surface area contributed by atoms with E-state index in [9.17, 15) is 0 Å². The van der Waals surface area contributed by atoms with Gasteiger partial charge in [-0.1, -0.05) is 29.8 Å². The monoisotopic (exact) mass is 305 g/mol. The number of fused-ring (bicyclic) bond motifs is 1. The van der Waals surface area contributed by atoms with Crippen molar-refractivity contribution in [2.24, 2.45) is 5.73 Å². The van der Waals surface area contributed by atoms with Crippen LogP contribution in [0.25, 0.3) is 10.1 Å². The van der Waals surface area contributed by atoms with Crippen LogP contribution in [0.1, 0.15) is 36.5 Å². The smallest absolute Gasteiger partial charge is 0.0838 e. The number of halogens is 1. The lowest BCUT2D eigenvalue weighted by Crippen LogP contribution is -2.18. The van der Waals surface area contributed by atoms with E-state index in [1.807, 2.05) is 16.8 Å². The molecule has 5 heteroatoms. The summed E-state index contributed by atoms with van der Waals surface area (Å²) in [6.07, 6.45) is 1.67. The Labute approximate surface area is 127 Å². The van der Waals surface area contributed by atoms with Crippen LogP contribution in [0.5, 0.6) is 0 Å². The van der Waals surface area contributed by atoms with Gasteiger partial charge in [0.15, 0.2) is 0 Å². The minimum Gasteiger partial charge on any atom is -0.318 e. The van der Waals surface area contributed by atoms with Crippen molar-refractivity contribution >= 4 is 33.0 Å². The molecule has 0 radical (unpaired) electrons. The first kappa shape index (κ1) is 13.6. The van der Waals surface area contributed by atoms with Gasteiger partial charge in [0, 0.05) is 15.6 Å². The van der Waals surface area contributed by atoms with E-state index in [4.69, 9.17) is 17.3 Å². The first-order valence-corrected chi connectivity index (χ1v) is 7.74. The molecular formula is C15H16ClN3S. The number of aromatic nitrogens is 2. The van der Waals surface area contributed by atoms with E-state index < -0.39 is 0 Å². The predicted molar refractivity (Wildman–Crippen MR) is 85.5 cm³/mol. The second kappa shape index (κ2) is 5.20. The third kappa shape index (κ3) is 2.24. The number of hydrogen-bond donors (Lipinski definition) is 1. The fraction of sp³-hybridized carbons (Fsp3) is 0.267. The summed E-state index contributed by atoms with van der Waals surface area (Å²) in [5.74, 6) is 0. The SMILES string of the molecule is CC(C)n1ncc(Cl)c1C(N)c1cc2ccccc2s1. The molecule has 0 bridgehead atoms. The normalized spacial score (nSPS) is 13.2. The summed E-state index contributed by atoms with van der Waals surface area (Å²) in [6, 6.07) is 10.4. The Balaban J connectivity index is 2.08. The largest absolute Gasteiger partial charge is 0.318 e. The number of nitrogens with zero attached hydrogens (tertiary/aromatic N) is 2. The maximum absolute atomic E-state index is 6.43. The Hall–Kier alpha value is -1.36. The molecule has 0 aliphatic heterocycles. The van der Waals surface area contributed by atoms with Crippen molar-refractivity contribution in [3.8, 4) is 0 Å². The Bertz CT molecular complexity index is 711. The third-order valence-corrected chi connectivity index (χ3v) is 4.81. The maximum Gasteiger partial charge on any atom is 0.0838 e. The molecule has 1 aromatic carbocycles. The first-order chi connectivity index (χ1) is 9.58. The van der Waals surface area contributed by atoms with Gasteiger partial charge in [-0.25, -0.2) is 0 Å². The molecule has 1 atom stereocenters. The second-order valence-electron chi connectivity index (χ2n) is 5.08. The molecule has 2 N–H and O–H groups in total. The highest BCUT2D eigenvalue weighted by Crippen LogP contribution is 2.35. The van der Waals surface area contributed by atoms with Crippen LogP contribution < -0.4 is 5.73 Å². The Morgan fingerprint density at radius 3 is 2.75 bits per heavy atom. The van der Waals surface area contributed by atoms with Crippen molar-refractivity contribution < 1.29 is 0 Å². The number of nitrogens with two attached hydrogens (primary N) is 1. The molecular weight excluding hydrogens is 290 g/mol. The van der Waals surface area contributed by atoms with E-state index in [1.54, 1.807) is 17.5 Å². The van der Waals surface area contributed by atoms with Gasteiger partial charge in [-0.2, -0.15) is 5.10 Å². The van der Waals surface area contributed by atoms with Crippen LogP contribution in [0.15, 0.2) is 36.5 Å². The zero-order chi connectivity index (χ0) is 14.3. The van der Waals surface area contributed by atoms with Crippen molar-refractivity contribution in [2.75, 3.05) is 0 Å². The fourth-order valence-electron chi connectivity index (χ4n) is 2.34. The molecule has 0 amide bonds. The minimum atomic E-state index is -0.246. The van der Waals surface area contributed by atoms with E-state index in [-0.39, 0.29) is 12.1 Å². The lowest BCUT2D eigenvalue weighted by atomic mass is 10.1. The van der Waals surface area contributed by atoms with Crippen LogP contribution in [0.2, 0.25) is 5.02 Å². The molecule has 0 fully saturated rings. The third-order valence-electron chi connectivity index (χ3n) is 3.32. The average Bonchev–Trinajstić information content (AvgIpc) is 3.01. The molecule has 20 heavy (non-hydrogen) atoms.